The van der Waals surface area contributed by atoms with Crippen LogP contribution in [-0.4, -0.2) is 71.9 Å². The SMILES string of the molecule is COc1cc(-c2nccc(-c3cccc(-c4ccc(CN5CC6(CNC(=O)C6)C5)c(OC)n4)c3Cl)c2Cl)ccc1CN[C@H]1CC[C@@H](O)CC1. The Hall–Kier alpha value is -3.73. The van der Waals surface area contributed by atoms with Crippen LogP contribution in [0.25, 0.3) is 33.6 Å². The van der Waals surface area contributed by atoms with Gasteiger partial charge in [0.05, 0.1) is 41.8 Å². The van der Waals surface area contributed by atoms with E-state index in [9.17, 15) is 9.90 Å². The molecule has 3 N–H and O–H groups in total. The summed E-state index contributed by atoms with van der Waals surface area (Å²) >= 11 is 14.2. The van der Waals surface area contributed by atoms with E-state index in [0.717, 1.165) is 84.4 Å². The van der Waals surface area contributed by atoms with Gasteiger partial charge in [0, 0.05) is 90.2 Å². The highest BCUT2D eigenvalue weighted by Crippen LogP contribution is 2.43. The van der Waals surface area contributed by atoms with E-state index in [0.29, 0.717) is 52.9 Å². The number of pyridine rings is 2. The quantitative estimate of drug-likeness (QED) is 0.172. The summed E-state index contributed by atoms with van der Waals surface area (Å²) in [6, 6.07) is 18.1. The topological polar surface area (TPSA) is 109 Å². The van der Waals surface area contributed by atoms with Gasteiger partial charge in [0.1, 0.15) is 5.75 Å². The summed E-state index contributed by atoms with van der Waals surface area (Å²) in [7, 11) is 3.30. The van der Waals surface area contributed by atoms with Crippen LogP contribution in [0, 0.1) is 5.41 Å². The van der Waals surface area contributed by atoms with Crippen LogP contribution in [-0.2, 0) is 17.9 Å². The highest BCUT2D eigenvalue weighted by molar-refractivity contribution is 6.39. The van der Waals surface area contributed by atoms with Crippen molar-refractivity contribution in [3.8, 4) is 45.3 Å². The molecule has 256 valence electrons. The van der Waals surface area contributed by atoms with Crippen molar-refractivity contribution in [3.05, 3.63) is 82.0 Å². The Kier molecular flexibility index (Phi) is 9.81. The number of hydrogen-bond acceptors (Lipinski definition) is 8. The zero-order valence-electron chi connectivity index (χ0n) is 27.8. The Morgan fingerprint density at radius 3 is 2.45 bits per heavy atom. The molecule has 1 amide bonds. The summed E-state index contributed by atoms with van der Waals surface area (Å²) in [6.45, 7) is 3.87. The first-order valence-electron chi connectivity index (χ1n) is 16.8. The van der Waals surface area contributed by atoms with Crippen molar-refractivity contribution >= 4 is 29.1 Å². The fraction of sp³-hybridized carbons (Fsp3) is 0.395. The van der Waals surface area contributed by atoms with Gasteiger partial charge < -0.3 is 25.2 Å². The van der Waals surface area contributed by atoms with Gasteiger partial charge in [0.25, 0.3) is 0 Å². The molecule has 2 aromatic heterocycles. The molecule has 0 radical (unpaired) electrons. The fourth-order valence-electron chi connectivity index (χ4n) is 7.51. The van der Waals surface area contributed by atoms with E-state index in [1.54, 1.807) is 20.4 Å². The van der Waals surface area contributed by atoms with Gasteiger partial charge in [-0.2, -0.15) is 0 Å². The third-order valence-electron chi connectivity index (χ3n) is 10.1. The van der Waals surface area contributed by atoms with Crippen molar-refractivity contribution in [1.82, 2.24) is 25.5 Å². The summed E-state index contributed by atoms with van der Waals surface area (Å²) in [6.07, 6.45) is 5.77. The maximum absolute atomic E-state index is 11.7. The average Bonchev–Trinajstić information content (AvgIpc) is 3.50. The Morgan fingerprint density at radius 1 is 0.959 bits per heavy atom. The van der Waals surface area contributed by atoms with E-state index in [4.69, 9.17) is 37.7 Å². The second-order valence-electron chi connectivity index (χ2n) is 13.6. The molecule has 1 saturated carbocycles. The predicted molar refractivity (Wildman–Crippen MR) is 192 cm³/mol. The largest absolute Gasteiger partial charge is 0.496 e. The monoisotopic (exact) mass is 701 g/mol. The number of benzene rings is 2. The molecule has 2 aromatic carbocycles. The minimum atomic E-state index is -0.178. The number of likely N-dealkylation sites (tertiary alicyclic amines) is 1. The summed E-state index contributed by atoms with van der Waals surface area (Å²) in [5.74, 6) is 1.45. The van der Waals surface area contributed by atoms with Crippen LogP contribution in [0.3, 0.4) is 0 Å². The summed E-state index contributed by atoms with van der Waals surface area (Å²) in [5.41, 5.74) is 6.56. The first-order chi connectivity index (χ1) is 23.8. The number of methoxy groups -OCH3 is 2. The number of aliphatic hydroxyl groups is 1. The molecule has 1 spiro atoms. The van der Waals surface area contributed by atoms with E-state index in [1.165, 1.54) is 0 Å². The van der Waals surface area contributed by atoms with Gasteiger partial charge in [0.15, 0.2) is 0 Å². The molecule has 3 aliphatic rings. The lowest BCUT2D eigenvalue weighted by atomic mass is 9.79. The van der Waals surface area contributed by atoms with Crippen LogP contribution < -0.4 is 20.1 Å². The minimum absolute atomic E-state index is 0.0630. The number of amides is 1. The number of hydrogen-bond donors (Lipinski definition) is 3. The van der Waals surface area contributed by atoms with Gasteiger partial charge in [-0.25, -0.2) is 4.98 Å². The Labute approximate surface area is 297 Å². The number of carbonyl (C=O) groups excluding carboxylic acids is 1. The molecule has 0 unspecified atom stereocenters. The maximum Gasteiger partial charge on any atom is 0.220 e. The lowest BCUT2D eigenvalue weighted by Gasteiger charge is -2.47. The Balaban J connectivity index is 1.10. The minimum Gasteiger partial charge on any atom is -0.496 e. The molecule has 3 fully saturated rings. The summed E-state index contributed by atoms with van der Waals surface area (Å²) in [5, 5.41) is 17.4. The molecule has 0 atom stereocenters. The first-order valence-corrected chi connectivity index (χ1v) is 17.6. The number of nitrogens with one attached hydrogen (secondary N) is 2. The van der Waals surface area contributed by atoms with E-state index >= 15 is 0 Å². The molecule has 4 aromatic rings. The number of aromatic nitrogens is 2. The van der Waals surface area contributed by atoms with Gasteiger partial charge in [0.2, 0.25) is 11.8 Å². The predicted octanol–water partition coefficient (Wildman–Crippen LogP) is 6.52. The van der Waals surface area contributed by atoms with Crippen molar-refractivity contribution in [2.75, 3.05) is 33.9 Å². The highest BCUT2D eigenvalue weighted by atomic mass is 35.5. The number of aliphatic hydroxyl groups excluding tert-OH is 1. The maximum atomic E-state index is 11.7. The molecule has 7 rings (SSSR count). The lowest BCUT2D eigenvalue weighted by molar-refractivity contribution is -0.120. The van der Waals surface area contributed by atoms with Crippen molar-refractivity contribution in [2.24, 2.45) is 5.41 Å². The second kappa shape index (κ2) is 14.2. The number of halogens is 2. The van der Waals surface area contributed by atoms with E-state index < -0.39 is 0 Å². The number of carbonyl (C=O) groups is 1. The number of nitrogens with zero attached hydrogens (tertiary/aromatic N) is 3. The lowest BCUT2D eigenvalue weighted by Crippen LogP contribution is -2.56. The molecule has 49 heavy (non-hydrogen) atoms. The Morgan fingerprint density at radius 2 is 1.71 bits per heavy atom. The molecular formula is C38H41Cl2N5O4. The van der Waals surface area contributed by atoms with E-state index in [2.05, 4.69) is 20.5 Å². The average molecular weight is 703 g/mol. The van der Waals surface area contributed by atoms with Gasteiger partial charge in [-0.15, -0.1) is 0 Å². The summed E-state index contributed by atoms with van der Waals surface area (Å²) in [4.78, 5) is 23.6. The molecule has 2 saturated heterocycles. The number of ether oxygens (including phenoxy) is 2. The zero-order valence-corrected chi connectivity index (χ0v) is 29.3. The van der Waals surface area contributed by atoms with Crippen LogP contribution in [0.5, 0.6) is 11.6 Å². The van der Waals surface area contributed by atoms with Gasteiger partial charge in [-0.1, -0.05) is 59.6 Å². The molecule has 11 heteroatoms. The molecule has 0 bridgehead atoms. The fourth-order valence-corrected chi connectivity index (χ4v) is 8.16. The van der Waals surface area contributed by atoms with Crippen LogP contribution in [0.15, 0.2) is 60.8 Å². The highest BCUT2D eigenvalue weighted by Gasteiger charge is 2.48. The van der Waals surface area contributed by atoms with Crippen LogP contribution in [0.4, 0.5) is 0 Å². The van der Waals surface area contributed by atoms with E-state index in [-0.39, 0.29) is 17.4 Å². The molecule has 1 aliphatic carbocycles. The van der Waals surface area contributed by atoms with Crippen LogP contribution >= 0.6 is 23.2 Å². The van der Waals surface area contributed by atoms with E-state index in [1.807, 2.05) is 54.6 Å². The van der Waals surface area contributed by atoms with Crippen molar-refractivity contribution in [1.29, 1.82) is 0 Å². The van der Waals surface area contributed by atoms with Crippen molar-refractivity contribution < 1.29 is 19.4 Å². The standard InChI is InChI=1S/C38H41Cl2N5O4/c1-48-32-16-23(6-7-24(32)18-42-26-9-11-27(46)12-10-26)36-35(40)29(14-15-41-36)28-4-3-5-30(34(28)39)31-13-8-25(37(44-31)49-2)19-45-21-38(22-45)17-33(47)43-20-38/h3-8,13-16,26-27,42,46H,9-12,17-22H2,1-2H3,(H,43,47)/t26-,27+. The van der Waals surface area contributed by atoms with Gasteiger partial charge in [-0.05, 0) is 43.9 Å². The van der Waals surface area contributed by atoms with Gasteiger partial charge in [-0.3, -0.25) is 14.7 Å². The van der Waals surface area contributed by atoms with Crippen LogP contribution in [0.2, 0.25) is 10.0 Å². The molecule has 2 aliphatic heterocycles. The van der Waals surface area contributed by atoms with Gasteiger partial charge >= 0.3 is 0 Å². The van der Waals surface area contributed by atoms with Crippen LogP contribution in [0.1, 0.15) is 43.2 Å². The number of rotatable bonds is 10. The normalized spacial score (nSPS) is 20.2. The third kappa shape index (κ3) is 7.00. The molecule has 4 heterocycles. The Bertz CT molecular complexity index is 1860. The molecular weight excluding hydrogens is 661 g/mol. The molecule has 9 nitrogen and oxygen atoms in total. The smallest absolute Gasteiger partial charge is 0.220 e. The summed E-state index contributed by atoms with van der Waals surface area (Å²) < 4.78 is 11.5. The third-order valence-corrected chi connectivity index (χ3v) is 10.9. The van der Waals surface area contributed by atoms with Crippen molar-refractivity contribution in [3.63, 3.8) is 0 Å². The van der Waals surface area contributed by atoms with Crippen molar-refractivity contribution in [2.45, 2.75) is 57.3 Å². The zero-order chi connectivity index (χ0) is 34.1. The second-order valence-corrected chi connectivity index (χ2v) is 14.3. The first kappa shape index (κ1) is 33.8.